The minimum atomic E-state index is -0.825. The van der Waals surface area contributed by atoms with E-state index in [2.05, 4.69) is 106 Å². The summed E-state index contributed by atoms with van der Waals surface area (Å²) < 4.78 is 16.8. The van der Waals surface area contributed by atoms with Crippen LogP contribution in [-0.4, -0.2) is 37.2 Å². The molecule has 0 aromatic rings. The van der Waals surface area contributed by atoms with Crippen LogP contribution in [0.15, 0.2) is 97.2 Å². The molecule has 0 aromatic heterocycles. The van der Waals surface area contributed by atoms with Crippen molar-refractivity contribution in [2.75, 3.05) is 13.2 Å². The van der Waals surface area contributed by atoms with Gasteiger partial charge in [0.1, 0.15) is 13.2 Å². The van der Waals surface area contributed by atoms with E-state index in [1.807, 2.05) is 6.08 Å². The molecule has 0 bridgehead atoms. The Bertz CT molecular complexity index is 1510. The third-order valence-electron chi connectivity index (χ3n) is 14.1. The fourth-order valence-electron chi connectivity index (χ4n) is 9.23. The van der Waals surface area contributed by atoms with Crippen molar-refractivity contribution >= 4 is 17.9 Å². The minimum Gasteiger partial charge on any atom is -0.462 e. The molecule has 6 heteroatoms. The van der Waals surface area contributed by atoms with Crippen LogP contribution in [0.1, 0.15) is 316 Å². The van der Waals surface area contributed by atoms with Gasteiger partial charge in [-0.2, -0.15) is 0 Å². The first-order chi connectivity index (χ1) is 38.0. The molecule has 1 unspecified atom stereocenters. The molecule has 0 spiro atoms. The highest BCUT2D eigenvalue weighted by atomic mass is 16.6. The third kappa shape index (κ3) is 63.0. The van der Waals surface area contributed by atoms with E-state index >= 15 is 0 Å². The van der Waals surface area contributed by atoms with E-state index in [9.17, 15) is 14.4 Å². The normalized spacial score (nSPS) is 12.7. The predicted octanol–water partition coefficient (Wildman–Crippen LogP) is 22.4. The Morgan fingerprint density at radius 3 is 0.935 bits per heavy atom. The molecule has 0 radical (unpaired) electrons. The maximum atomic E-state index is 12.9. The summed E-state index contributed by atoms with van der Waals surface area (Å²) in [5.74, 6) is -1.05. The quantitative estimate of drug-likeness (QED) is 0.0261. The highest BCUT2D eigenvalue weighted by Gasteiger charge is 2.19. The molecule has 0 aliphatic carbocycles. The fourth-order valence-corrected chi connectivity index (χ4v) is 9.23. The Labute approximate surface area is 477 Å². The Morgan fingerprint density at radius 1 is 0.286 bits per heavy atom. The number of hydrogen-bond acceptors (Lipinski definition) is 6. The Balaban J connectivity index is 4.38. The van der Waals surface area contributed by atoms with Crippen molar-refractivity contribution in [1.82, 2.24) is 0 Å². The van der Waals surface area contributed by atoms with Gasteiger partial charge in [-0.15, -0.1) is 0 Å². The number of unbranched alkanes of at least 4 members (excludes halogenated alkanes) is 33. The monoisotopic (exact) mass is 1070 g/mol. The van der Waals surface area contributed by atoms with E-state index in [0.29, 0.717) is 12.8 Å². The second kappa shape index (κ2) is 64.9. The van der Waals surface area contributed by atoms with Crippen LogP contribution in [0.3, 0.4) is 0 Å². The molecule has 442 valence electrons. The minimum absolute atomic E-state index is 0.111. The van der Waals surface area contributed by atoms with Crippen molar-refractivity contribution in [3.63, 3.8) is 0 Å². The maximum absolute atomic E-state index is 12.9. The first-order valence-electron chi connectivity index (χ1n) is 32.7. The lowest BCUT2D eigenvalue weighted by molar-refractivity contribution is -0.166. The molecule has 0 rings (SSSR count). The molecule has 0 saturated carbocycles. The third-order valence-corrected chi connectivity index (χ3v) is 14.1. The fraction of sp³-hybridized carbons (Fsp3) is 0.732. The molecule has 0 aliphatic heterocycles. The largest absolute Gasteiger partial charge is 0.462 e. The zero-order valence-electron chi connectivity index (χ0n) is 50.7. The van der Waals surface area contributed by atoms with Gasteiger partial charge < -0.3 is 14.2 Å². The van der Waals surface area contributed by atoms with Crippen LogP contribution in [0.2, 0.25) is 0 Å². The van der Waals surface area contributed by atoms with Crippen molar-refractivity contribution in [1.29, 1.82) is 0 Å². The van der Waals surface area contributed by atoms with Crippen LogP contribution in [0, 0.1) is 0 Å². The maximum Gasteiger partial charge on any atom is 0.309 e. The standard InChI is InChI=1S/C71H122O6/c1-4-7-10-13-16-19-22-25-28-30-32-33-34-35-36-37-39-40-43-46-49-52-55-58-61-64-70(73)76-67-68(66-75-69(72)63-60-57-54-51-48-45-42-27-24-21-18-15-12-9-6-3)77-71(74)65-62-59-56-53-50-47-44-41-38-31-29-26-23-20-17-14-11-8-5-2/h9,12,17-18,20-21,26-27,29,38,41-42,48,51,57,60,68H,4-8,10-11,13-16,19,22-25,28,30-37,39-40,43-47,49-50,52-56,58-59,61-67H2,1-3H3/b12-9-,20-17-,21-18-,29-26-,41-38-,42-27-,51-48-,60-57-. The molecule has 0 amide bonds. The number of carbonyl (C=O) groups is 3. The van der Waals surface area contributed by atoms with Crippen molar-refractivity contribution in [3.8, 4) is 0 Å². The second-order valence-electron chi connectivity index (χ2n) is 21.7. The van der Waals surface area contributed by atoms with Gasteiger partial charge in [0, 0.05) is 12.8 Å². The van der Waals surface area contributed by atoms with Crippen LogP contribution >= 0.6 is 0 Å². The molecule has 0 heterocycles. The highest BCUT2D eigenvalue weighted by Crippen LogP contribution is 2.17. The highest BCUT2D eigenvalue weighted by molar-refractivity contribution is 5.72. The summed E-state index contributed by atoms with van der Waals surface area (Å²) in [5.41, 5.74) is 0. The smallest absolute Gasteiger partial charge is 0.309 e. The molecule has 0 saturated heterocycles. The second-order valence-corrected chi connectivity index (χ2v) is 21.7. The molecule has 0 aromatic carbocycles. The predicted molar refractivity (Wildman–Crippen MR) is 334 cm³/mol. The zero-order chi connectivity index (χ0) is 55.7. The lowest BCUT2D eigenvalue weighted by Gasteiger charge is -2.18. The first-order valence-corrected chi connectivity index (χ1v) is 32.7. The van der Waals surface area contributed by atoms with E-state index < -0.39 is 12.1 Å². The van der Waals surface area contributed by atoms with Crippen LogP contribution < -0.4 is 0 Å². The molecule has 0 aliphatic rings. The van der Waals surface area contributed by atoms with E-state index in [-0.39, 0.29) is 31.6 Å². The topological polar surface area (TPSA) is 78.9 Å². The summed E-state index contributed by atoms with van der Waals surface area (Å²) in [6.45, 7) is 6.44. The van der Waals surface area contributed by atoms with Gasteiger partial charge in [0.2, 0.25) is 0 Å². The summed E-state index contributed by atoms with van der Waals surface area (Å²) in [4.78, 5) is 38.3. The zero-order valence-corrected chi connectivity index (χ0v) is 50.7. The van der Waals surface area contributed by atoms with Crippen molar-refractivity contribution in [2.24, 2.45) is 0 Å². The number of carbonyl (C=O) groups excluding carboxylic acids is 3. The molecule has 0 N–H and O–H groups in total. The lowest BCUT2D eigenvalue weighted by atomic mass is 10.0. The van der Waals surface area contributed by atoms with Gasteiger partial charge in [0.25, 0.3) is 0 Å². The van der Waals surface area contributed by atoms with Crippen molar-refractivity contribution < 1.29 is 28.6 Å². The average molecular weight is 1070 g/mol. The summed E-state index contributed by atoms with van der Waals surface area (Å²) in [6.07, 6.45) is 87.4. The van der Waals surface area contributed by atoms with Crippen molar-refractivity contribution in [3.05, 3.63) is 97.2 Å². The number of allylic oxidation sites excluding steroid dienone is 15. The van der Waals surface area contributed by atoms with Crippen LogP contribution in [0.5, 0.6) is 0 Å². The lowest BCUT2D eigenvalue weighted by Crippen LogP contribution is -2.30. The van der Waals surface area contributed by atoms with E-state index in [1.54, 1.807) is 6.08 Å². The van der Waals surface area contributed by atoms with E-state index in [4.69, 9.17) is 14.2 Å². The molecular weight excluding hydrogens is 949 g/mol. The van der Waals surface area contributed by atoms with E-state index in [1.165, 1.54) is 180 Å². The van der Waals surface area contributed by atoms with Gasteiger partial charge in [-0.1, -0.05) is 311 Å². The van der Waals surface area contributed by atoms with Crippen LogP contribution in [0.25, 0.3) is 0 Å². The van der Waals surface area contributed by atoms with Gasteiger partial charge >= 0.3 is 17.9 Å². The number of rotatable bonds is 59. The van der Waals surface area contributed by atoms with Crippen molar-refractivity contribution in [2.45, 2.75) is 322 Å². The molecular formula is C71H122O6. The van der Waals surface area contributed by atoms with E-state index in [0.717, 1.165) is 96.3 Å². The Kier molecular flexibility index (Phi) is 61.8. The molecule has 77 heavy (non-hydrogen) atoms. The number of hydrogen-bond donors (Lipinski definition) is 0. The van der Waals surface area contributed by atoms with Crippen LogP contribution in [-0.2, 0) is 28.6 Å². The average Bonchev–Trinajstić information content (AvgIpc) is 3.43. The summed E-state index contributed by atoms with van der Waals surface area (Å²) in [7, 11) is 0. The molecule has 0 fully saturated rings. The van der Waals surface area contributed by atoms with Gasteiger partial charge in [0.15, 0.2) is 6.10 Å². The number of esters is 3. The Morgan fingerprint density at radius 2 is 0.558 bits per heavy atom. The summed E-state index contributed by atoms with van der Waals surface area (Å²) in [6, 6.07) is 0. The summed E-state index contributed by atoms with van der Waals surface area (Å²) in [5, 5.41) is 0. The first kappa shape index (κ1) is 73.3. The van der Waals surface area contributed by atoms with Crippen LogP contribution in [0.4, 0.5) is 0 Å². The molecule has 1 atom stereocenters. The van der Waals surface area contributed by atoms with Gasteiger partial charge in [0.05, 0.1) is 6.42 Å². The van der Waals surface area contributed by atoms with Gasteiger partial charge in [-0.3, -0.25) is 14.4 Å². The summed E-state index contributed by atoms with van der Waals surface area (Å²) >= 11 is 0. The van der Waals surface area contributed by atoms with Gasteiger partial charge in [-0.05, 0) is 83.5 Å². The Hall–Kier alpha value is -3.67. The number of ether oxygens (including phenoxy) is 3. The molecule has 6 nitrogen and oxygen atoms in total. The SMILES string of the molecule is CC/C=C\C/C=C\C/C=C\C/C=C\C/C=C\CC(=O)OCC(COC(=O)CCCCCCCCCCCCCCCCCCCCCCCCCCC)OC(=O)CCCCCCCC/C=C\C/C=C\C/C=C\CCCCC. The van der Waals surface area contributed by atoms with Gasteiger partial charge in [-0.25, -0.2) is 0 Å².